The number of rotatable bonds is 8. The molecule has 1 N–H and O–H groups in total. The highest BCUT2D eigenvalue weighted by molar-refractivity contribution is 5.95. The molecule has 1 aliphatic rings. The average Bonchev–Trinajstić information content (AvgIpc) is 3.06. The Morgan fingerprint density at radius 3 is 2.22 bits per heavy atom. The number of ether oxygens (including phenoxy) is 3. The summed E-state index contributed by atoms with van der Waals surface area (Å²) in [6, 6.07) is 24.3. The van der Waals surface area contributed by atoms with E-state index in [9.17, 15) is 14.7 Å². The SMILES string of the molecule is CCOC(=O)COc1cccc2c1CCC(O)C(COC(=O)N(c1ccccc1)c1ccccc1)C2. The minimum Gasteiger partial charge on any atom is -0.482 e. The van der Waals surface area contributed by atoms with Gasteiger partial charge in [0.1, 0.15) is 5.75 Å². The Labute approximate surface area is 211 Å². The molecule has 0 radical (unpaired) electrons. The van der Waals surface area contributed by atoms with Gasteiger partial charge in [-0.3, -0.25) is 0 Å². The van der Waals surface area contributed by atoms with E-state index in [4.69, 9.17) is 14.2 Å². The van der Waals surface area contributed by atoms with Crippen LogP contribution in [0.25, 0.3) is 0 Å². The lowest BCUT2D eigenvalue weighted by atomic mass is 9.95. The summed E-state index contributed by atoms with van der Waals surface area (Å²) in [6.45, 7) is 1.96. The monoisotopic (exact) mass is 489 g/mol. The van der Waals surface area contributed by atoms with Crippen LogP contribution in [0, 0.1) is 5.92 Å². The van der Waals surface area contributed by atoms with Crippen LogP contribution in [0.4, 0.5) is 16.2 Å². The third kappa shape index (κ3) is 6.23. The van der Waals surface area contributed by atoms with Gasteiger partial charge in [-0.2, -0.15) is 0 Å². The van der Waals surface area contributed by atoms with Gasteiger partial charge in [-0.25, -0.2) is 14.5 Å². The van der Waals surface area contributed by atoms with Crippen LogP contribution < -0.4 is 9.64 Å². The van der Waals surface area contributed by atoms with Crippen molar-refractivity contribution in [3.63, 3.8) is 0 Å². The Balaban J connectivity index is 1.46. The molecule has 3 aromatic carbocycles. The van der Waals surface area contributed by atoms with E-state index in [0.29, 0.717) is 43.0 Å². The van der Waals surface area contributed by atoms with E-state index in [0.717, 1.165) is 11.1 Å². The fourth-order valence-electron chi connectivity index (χ4n) is 4.43. The molecule has 188 valence electrons. The number of hydrogen-bond donors (Lipinski definition) is 1. The topological polar surface area (TPSA) is 85.3 Å². The Hall–Kier alpha value is -3.84. The number of esters is 1. The smallest absolute Gasteiger partial charge is 0.418 e. The zero-order valence-electron chi connectivity index (χ0n) is 20.3. The lowest BCUT2D eigenvalue weighted by molar-refractivity contribution is -0.145. The Bertz CT molecular complexity index is 1110. The molecule has 36 heavy (non-hydrogen) atoms. The first-order chi connectivity index (χ1) is 17.6. The second kappa shape index (κ2) is 12.2. The van der Waals surface area contributed by atoms with Crippen LogP contribution in [0.3, 0.4) is 0 Å². The van der Waals surface area contributed by atoms with Crippen molar-refractivity contribution in [2.24, 2.45) is 5.92 Å². The van der Waals surface area contributed by atoms with Crippen LogP contribution >= 0.6 is 0 Å². The van der Waals surface area contributed by atoms with Crippen LogP contribution in [-0.2, 0) is 27.1 Å². The summed E-state index contributed by atoms with van der Waals surface area (Å²) in [7, 11) is 0. The number of hydrogen-bond acceptors (Lipinski definition) is 6. The average molecular weight is 490 g/mol. The number of fused-ring (bicyclic) bond motifs is 1. The highest BCUT2D eigenvalue weighted by Crippen LogP contribution is 2.32. The number of anilines is 2. The van der Waals surface area contributed by atoms with Gasteiger partial charge >= 0.3 is 12.1 Å². The van der Waals surface area contributed by atoms with E-state index in [-0.39, 0.29) is 19.1 Å². The molecule has 1 aliphatic carbocycles. The first-order valence-corrected chi connectivity index (χ1v) is 12.2. The molecule has 0 bridgehead atoms. The second-order valence-corrected chi connectivity index (χ2v) is 8.64. The minimum atomic E-state index is -0.648. The molecule has 7 heteroatoms. The Morgan fingerprint density at radius 2 is 1.58 bits per heavy atom. The zero-order valence-corrected chi connectivity index (χ0v) is 20.3. The molecule has 1 amide bonds. The van der Waals surface area contributed by atoms with Crippen molar-refractivity contribution in [3.8, 4) is 5.75 Å². The van der Waals surface area contributed by atoms with E-state index in [1.807, 2.05) is 78.9 Å². The van der Waals surface area contributed by atoms with Crippen LogP contribution in [0.15, 0.2) is 78.9 Å². The number of benzene rings is 3. The van der Waals surface area contributed by atoms with Gasteiger partial charge in [-0.05, 0) is 67.6 Å². The minimum absolute atomic E-state index is 0.0729. The molecule has 7 nitrogen and oxygen atoms in total. The normalized spacial score (nSPS) is 16.8. The molecule has 2 atom stereocenters. The summed E-state index contributed by atoms with van der Waals surface area (Å²) in [5.41, 5.74) is 3.37. The highest BCUT2D eigenvalue weighted by Gasteiger charge is 2.29. The van der Waals surface area contributed by atoms with Gasteiger partial charge in [0.15, 0.2) is 6.61 Å². The van der Waals surface area contributed by atoms with Gasteiger partial charge in [0.25, 0.3) is 0 Å². The van der Waals surface area contributed by atoms with Crippen LogP contribution in [0.1, 0.15) is 24.5 Å². The van der Waals surface area contributed by atoms with Crippen molar-refractivity contribution in [3.05, 3.63) is 90.0 Å². The predicted octanol–water partition coefficient (Wildman–Crippen LogP) is 5.07. The quantitative estimate of drug-likeness (QED) is 0.351. The van der Waals surface area contributed by atoms with Crippen molar-refractivity contribution in [1.29, 1.82) is 0 Å². The van der Waals surface area contributed by atoms with E-state index < -0.39 is 18.2 Å². The maximum atomic E-state index is 13.2. The molecule has 0 saturated heterocycles. The molecule has 0 saturated carbocycles. The van der Waals surface area contributed by atoms with Gasteiger partial charge in [0.2, 0.25) is 0 Å². The third-order valence-electron chi connectivity index (χ3n) is 6.23. The van der Waals surface area contributed by atoms with Crippen molar-refractivity contribution < 1.29 is 28.9 Å². The van der Waals surface area contributed by atoms with Gasteiger partial charge in [0, 0.05) is 5.92 Å². The molecule has 4 rings (SSSR count). The number of aliphatic hydroxyl groups is 1. The lowest BCUT2D eigenvalue weighted by Crippen LogP contribution is -2.32. The van der Waals surface area contributed by atoms with Crippen molar-refractivity contribution in [2.45, 2.75) is 32.3 Å². The molecule has 0 aromatic heterocycles. The van der Waals surface area contributed by atoms with E-state index in [1.165, 1.54) is 4.90 Å². The molecule has 3 aromatic rings. The summed E-state index contributed by atoms with van der Waals surface area (Å²) in [6.07, 6.45) is 0.466. The molecule has 0 fully saturated rings. The summed E-state index contributed by atoms with van der Waals surface area (Å²) in [5, 5.41) is 10.9. The standard InChI is InChI=1S/C29H31NO6/c1-2-34-28(32)20-35-27-15-9-10-21-18-22(26(31)17-16-25(21)27)19-36-29(33)30(23-11-5-3-6-12-23)24-13-7-4-8-14-24/h3-15,22,26,31H,2,16-20H2,1H3. The number of carbonyl (C=O) groups excluding carboxylic acids is 2. The maximum Gasteiger partial charge on any atom is 0.418 e. The summed E-state index contributed by atoms with van der Waals surface area (Å²) < 4.78 is 16.4. The third-order valence-corrected chi connectivity index (χ3v) is 6.23. The van der Waals surface area contributed by atoms with Crippen LogP contribution in [0.5, 0.6) is 5.75 Å². The van der Waals surface area contributed by atoms with Crippen molar-refractivity contribution >= 4 is 23.4 Å². The number of aliphatic hydroxyl groups excluding tert-OH is 1. The van der Waals surface area contributed by atoms with Crippen LogP contribution in [0.2, 0.25) is 0 Å². The summed E-state index contributed by atoms with van der Waals surface area (Å²) in [5.74, 6) is -0.0800. The molecular formula is C29H31NO6. The van der Waals surface area contributed by atoms with E-state index in [1.54, 1.807) is 6.92 Å². The van der Waals surface area contributed by atoms with E-state index >= 15 is 0 Å². The number of nitrogens with zero attached hydrogens (tertiary/aromatic N) is 1. The largest absolute Gasteiger partial charge is 0.482 e. The number of amides is 1. The first-order valence-electron chi connectivity index (χ1n) is 12.2. The molecule has 0 heterocycles. The fourth-order valence-corrected chi connectivity index (χ4v) is 4.43. The number of carbonyl (C=O) groups is 2. The van der Waals surface area contributed by atoms with Gasteiger partial charge in [-0.1, -0.05) is 48.5 Å². The summed E-state index contributed by atoms with van der Waals surface area (Å²) >= 11 is 0. The van der Waals surface area contributed by atoms with Gasteiger partial charge < -0.3 is 19.3 Å². The van der Waals surface area contributed by atoms with Crippen molar-refractivity contribution in [2.75, 3.05) is 24.7 Å². The zero-order chi connectivity index (χ0) is 25.3. The second-order valence-electron chi connectivity index (χ2n) is 8.64. The maximum absolute atomic E-state index is 13.2. The molecular weight excluding hydrogens is 458 g/mol. The predicted molar refractivity (Wildman–Crippen MR) is 136 cm³/mol. The highest BCUT2D eigenvalue weighted by atomic mass is 16.6. The van der Waals surface area contributed by atoms with Crippen LogP contribution in [-0.4, -0.2) is 43.1 Å². The van der Waals surface area contributed by atoms with Gasteiger partial charge in [-0.15, -0.1) is 0 Å². The lowest BCUT2D eigenvalue weighted by Gasteiger charge is -2.25. The Kier molecular flexibility index (Phi) is 8.57. The van der Waals surface area contributed by atoms with E-state index in [2.05, 4.69) is 0 Å². The Morgan fingerprint density at radius 1 is 0.917 bits per heavy atom. The van der Waals surface area contributed by atoms with Crippen molar-refractivity contribution in [1.82, 2.24) is 0 Å². The van der Waals surface area contributed by atoms with Gasteiger partial charge in [0.05, 0.1) is 30.7 Å². The fraction of sp³-hybridized carbons (Fsp3) is 0.310. The summed E-state index contributed by atoms with van der Waals surface area (Å²) in [4.78, 5) is 26.5. The molecule has 0 aliphatic heterocycles. The molecule has 0 spiro atoms. The molecule has 2 unspecified atom stereocenters. The number of para-hydroxylation sites is 2. The first kappa shape index (κ1) is 25.3.